The number of rotatable bonds is 6. The summed E-state index contributed by atoms with van der Waals surface area (Å²) in [4.78, 5) is 11.5. The highest BCUT2D eigenvalue weighted by Gasteiger charge is 2.64. The van der Waals surface area contributed by atoms with E-state index in [1.54, 1.807) is 0 Å². The lowest BCUT2D eigenvalue weighted by atomic mass is 10.0. The van der Waals surface area contributed by atoms with E-state index in [1.807, 2.05) is 7.05 Å². The molecule has 0 aliphatic heterocycles. The Bertz CT molecular complexity index is 245. The van der Waals surface area contributed by atoms with Gasteiger partial charge in [0.05, 0.1) is 0 Å². The van der Waals surface area contributed by atoms with Gasteiger partial charge in [-0.15, -0.1) is 0 Å². The standard InChI is InChI=1S/C13H26N2O/c1-12(2)10(13(12,3)4)9-15-11(16)7-6-8-14-5/h10,14H,6-9H2,1-5H3,(H,15,16). The van der Waals surface area contributed by atoms with Crippen molar-refractivity contribution in [3.05, 3.63) is 0 Å². The minimum Gasteiger partial charge on any atom is -0.356 e. The Labute approximate surface area is 99.4 Å². The van der Waals surface area contributed by atoms with Crippen LogP contribution in [-0.2, 0) is 4.79 Å². The Kier molecular flexibility index (Phi) is 4.00. The third-order valence-electron chi connectivity index (χ3n) is 4.65. The molecule has 1 aliphatic rings. The third-order valence-corrected chi connectivity index (χ3v) is 4.65. The molecule has 16 heavy (non-hydrogen) atoms. The van der Waals surface area contributed by atoms with E-state index in [4.69, 9.17) is 0 Å². The summed E-state index contributed by atoms with van der Waals surface area (Å²) in [5.41, 5.74) is 0.733. The van der Waals surface area contributed by atoms with Crippen molar-refractivity contribution in [1.82, 2.24) is 10.6 Å². The van der Waals surface area contributed by atoms with Crippen molar-refractivity contribution >= 4 is 5.91 Å². The maximum atomic E-state index is 11.5. The first-order chi connectivity index (χ1) is 7.34. The molecule has 3 nitrogen and oxygen atoms in total. The van der Waals surface area contributed by atoms with Gasteiger partial charge in [0.15, 0.2) is 0 Å². The zero-order valence-corrected chi connectivity index (χ0v) is 11.3. The van der Waals surface area contributed by atoms with Gasteiger partial charge in [0.2, 0.25) is 5.91 Å². The molecule has 2 N–H and O–H groups in total. The van der Waals surface area contributed by atoms with Crippen LogP contribution in [0.2, 0.25) is 0 Å². The van der Waals surface area contributed by atoms with Crippen LogP contribution in [0.3, 0.4) is 0 Å². The fraction of sp³-hybridized carbons (Fsp3) is 0.923. The molecular weight excluding hydrogens is 200 g/mol. The molecule has 94 valence electrons. The summed E-state index contributed by atoms with van der Waals surface area (Å²) in [6.07, 6.45) is 1.55. The van der Waals surface area contributed by atoms with Crippen LogP contribution in [0.25, 0.3) is 0 Å². The first kappa shape index (κ1) is 13.5. The SMILES string of the molecule is CNCCCC(=O)NCC1C(C)(C)C1(C)C. The van der Waals surface area contributed by atoms with Crippen molar-refractivity contribution in [2.75, 3.05) is 20.1 Å². The maximum absolute atomic E-state index is 11.5. The van der Waals surface area contributed by atoms with Gasteiger partial charge in [-0.25, -0.2) is 0 Å². The van der Waals surface area contributed by atoms with Crippen LogP contribution >= 0.6 is 0 Å². The van der Waals surface area contributed by atoms with Gasteiger partial charge in [-0.1, -0.05) is 27.7 Å². The molecule has 0 aromatic heterocycles. The smallest absolute Gasteiger partial charge is 0.220 e. The van der Waals surface area contributed by atoms with Gasteiger partial charge in [0.25, 0.3) is 0 Å². The lowest BCUT2D eigenvalue weighted by Crippen LogP contribution is -2.27. The van der Waals surface area contributed by atoms with E-state index >= 15 is 0 Å². The largest absolute Gasteiger partial charge is 0.356 e. The number of amides is 1. The highest BCUT2D eigenvalue weighted by molar-refractivity contribution is 5.75. The average Bonchev–Trinajstić information content (AvgIpc) is 2.55. The molecule has 1 aliphatic carbocycles. The second-order valence-corrected chi connectivity index (χ2v) is 6.01. The van der Waals surface area contributed by atoms with Gasteiger partial charge in [-0.2, -0.15) is 0 Å². The highest BCUT2D eigenvalue weighted by atomic mass is 16.1. The van der Waals surface area contributed by atoms with Crippen LogP contribution in [0.15, 0.2) is 0 Å². The van der Waals surface area contributed by atoms with E-state index < -0.39 is 0 Å². The Hall–Kier alpha value is -0.570. The molecule has 0 saturated heterocycles. The van der Waals surface area contributed by atoms with Crippen LogP contribution in [0, 0.1) is 16.7 Å². The highest BCUT2D eigenvalue weighted by Crippen LogP contribution is 2.67. The van der Waals surface area contributed by atoms with Crippen LogP contribution < -0.4 is 10.6 Å². The van der Waals surface area contributed by atoms with Crippen molar-refractivity contribution in [2.45, 2.75) is 40.5 Å². The minimum absolute atomic E-state index is 0.189. The number of hydrogen-bond acceptors (Lipinski definition) is 2. The lowest BCUT2D eigenvalue weighted by Gasteiger charge is -2.06. The Morgan fingerprint density at radius 1 is 1.19 bits per heavy atom. The molecule has 1 saturated carbocycles. The monoisotopic (exact) mass is 226 g/mol. The van der Waals surface area contributed by atoms with Gasteiger partial charge in [-0.3, -0.25) is 4.79 Å². The third kappa shape index (κ3) is 2.57. The van der Waals surface area contributed by atoms with Crippen molar-refractivity contribution in [2.24, 2.45) is 16.7 Å². The predicted molar refractivity (Wildman–Crippen MR) is 67.2 cm³/mol. The molecule has 0 aromatic carbocycles. The zero-order valence-electron chi connectivity index (χ0n) is 11.3. The fourth-order valence-electron chi connectivity index (χ4n) is 2.57. The molecule has 1 fully saturated rings. The summed E-state index contributed by atoms with van der Waals surface area (Å²) >= 11 is 0. The van der Waals surface area contributed by atoms with Gasteiger partial charge in [0.1, 0.15) is 0 Å². The second-order valence-electron chi connectivity index (χ2n) is 6.01. The quantitative estimate of drug-likeness (QED) is 0.678. The zero-order chi connectivity index (χ0) is 12.4. The van der Waals surface area contributed by atoms with E-state index in [1.165, 1.54) is 0 Å². The molecule has 1 amide bonds. The normalized spacial score (nSPS) is 21.8. The van der Waals surface area contributed by atoms with Gasteiger partial charge >= 0.3 is 0 Å². The first-order valence-corrected chi connectivity index (χ1v) is 6.25. The van der Waals surface area contributed by atoms with E-state index in [9.17, 15) is 4.79 Å². The second kappa shape index (κ2) is 4.74. The topological polar surface area (TPSA) is 41.1 Å². The number of hydrogen-bond donors (Lipinski definition) is 2. The molecule has 3 heteroatoms. The molecule has 0 spiro atoms. The van der Waals surface area contributed by atoms with E-state index in [0.29, 0.717) is 23.2 Å². The number of carbonyl (C=O) groups excluding carboxylic acids is 1. The Morgan fingerprint density at radius 3 is 2.19 bits per heavy atom. The van der Waals surface area contributed by atoms with Crippen molar-refractivity contribution in [3.63, 3.8) is 0 Å². The summed E-state index contributed by atoms with van der Waals surface area (Å²) in [5.74, 6) is 0.807. The van der Waals surface area contributed by atoms with Gasteiger partial charge < -0.3 is 10.6 Å². The van der Waals surface area contributed by atoms with Crippen LogP contribution in [0.4, 0.5) is 0 Å². The molecule has 1 rings (SSSR count). The summed E-state index contributed by atoms with van der Waals surface area (Å²) in [7, 11) is 1.91. The van der Waals surface area contributed by atoms with Gasteiger partial charge in [-0.05, 0) is 36.8 Å². The molecule has 0 heterocycles. The minimum atomic E-state index is 0.189. The van der Waals surface area contributed by atoms with Gasteiger partial charge in [0, 0.05) is 13.0 Å². The molecule has 0 radical (unpaired) electrons. The molecule has 0 atom stereocenters. The number of nitrogens with one attached hydrogen (secondary N) is 2. The summed E-state index contributed by atoms with van der Waals surface area (Å²) in [6, 6.07) is 0. The Morgan fingerprint density at radius 2 is 1.75 bits per heavy atom. The molecule has 0 aromatic rings. The Balaban J connectivity index is 2.19. The van der Waals surface area contributed by atoms with E-state index in [0.717, 1.165) is 19.5 Å². The molecular formula is C13H26N2O. The molecule has 0 unspecified atom stereocenters. The average molecular weight is 226 g/mol. The van der Waals surface area contributed by atoms with Crippen LogP contribution in [0.1, 0.15) is 40.5 Å². The fourth-order valence-corrected chi connectivity index (χ4v) is 2.57. The van der Waals surface area contributed by atoms with E-state index in [-0.39, 0.29) is 5.91 Å². The van der Waals surface area contributed by atoms with E-state index in [2.05, 4.69) is 38.3 Å². The van der Waals surface area contributed by atoms with Crippen LogP contribution in [0.5, 0.6) is 0 Å². The predicted octanol–water partition coefficient (Wildman–Crippen LogP) is 1.78. The van der Waals surface area contributed by atoms with Crippen molar-refractivity contribution in [1.29, 1.82) is 0 Å². The van der Waals surface area contributed by atoms with Crippen molar-refractivity contribution in [3.8, 4) is 0 Å². The maximum Gasteiger partial charge on any atom is 0.220 e. The molecule has 0 bridgehead atoms. The summed E-state index contributed by atoms with van der Waals surface area (Å²) in [5, 5.41) is 6.09. The van der Waals surface area contributed by atoms with Crippen molar-refractivity contribution < 1.29 is 4.79 Å². The lowest BCUT2D eigenvalue weighted by molar-refractivity contribution is -0.121. The summed E-state index contributed by atoms with van der Waals surface area (Å²) in [6.45, 7) is 10.9. The van der Waals surface area contributed by atoms with Crippen LogP contribution in [-0.4, -0.2) is 26.0 Å². The summed E-state index contributed by atoms with van der Waals surface area (Å²) < 4.78 is 0. The first-order valence-electron chi connectivity index (χ1n) is 6.25. The number of carbonyl (C=O) groups is 1.